The van der Waals surface area contributed by atoms with Crippen LogP contribution in [0, 0.1) is 5.82 Å². The van der Waals surface area contributed by atoms with Crippen molar-refractivity contribution in [2.75, 3.05) is 14.2 Å². The minimum atomic E-state index is -0.605. The van der Waals surface area contributed by atoms with Gasteiger partial charge in [0.05, 0.1) is 24.8 Å². The van der Waals surface area contributed by atoms with Gasteiger partial charge in [0.25, 0.3) is 5.91 Å². The molecule has 5 heteroatoms. The fourth-order valence-electron chi connectivity index (χ4n) is 2.68. The Bertz CT molecular complexity index is 492. The van der Waals surface area contributed by atoms with Crippen LogP contribution in [0.3, 0.4) is 0 Å². The maximum Gasteiger partial charge on any atom is 0.256 e. The van der Waals surface area contributed by atoms with E-state index in [4.69, 9.17) is 4.74 Å². The maximum absolute atomic E-state index is 13.9. The molecule has 1 amide bonds. The Morgan fingerprint density at radius 3 is 2.70 bits per heavy atom. The molecule has 1 aliphatic rings. The minimum Gasteiger partial charge on any atom is -0.497 e. The molecule has 2 unspecified atom stereocenters. The first-order valence-corrected chi connectivity index (χ1v) is 6.83. The number of methoxy groups -OCH3 is 1. The Morgan fingerprint density at radius 1 is 1.40 bits per heavy atom. The van der Waals surface area contributed by atoms with Crippen LogP contribution in [0.25, 0.3) is 0 Å². The van der Waals surface area contributed by atoms with Crippen LogP contribution in [0.1, 0.15) is 36.0 Å². The van der Waals surface area contributed by atoms with Gasteiger partial charge in [0.2, 0.25) is 0 Å². The van der Waals surface area contributed by atoms with Gasteiger partial charge in [-0.15, -0.1) is 0 Å². The summed E-state index contributed by atoms with van der Waals surface area (Å²) in [5, 5.41) is 9.98. The van der Waals surface area contributed by atoms with E-state index in [2.05, 4.69) is 0 Å². The number of nitrogens with zero attached hydrogens (tertiary/aromatic N) is 1. The summed E-state index contributed by atoms with van der Waals surface area (Å²) in [6.45, 7) is 0. The highest BCUT2D eigenvalue weighted by molar-refractivity contribution is 5.94. The lowest BCUT2D eigenvalue weighted by atomic mass is 9.91. The van der Waals surface area contributed by atoms with Crippen molar-refractivity contribution < 1.29 is 19.0 Å². The van der Waals surface area contributed by atoms with Gasteiger partial charge in [-0.25, -0.2) is 4.39 Å². The Morgan fingerprint density at radius 2 is 2.10 bits per heavy atom. The highest BCUT2D eigenvalue weighted by Crippen LogP contribution is 2.25. The number of hydrogen-bond acceptors (Lipinski definition) is 3. The van der Waals surface area contributed by atoms with Crippen LogP contribution < -0.4 is 4.74 Å². The second-order valence-electron chi connectivity index (χ2n) is 5.18. The SMILES string of the molecule is COc1ccc(C(=O)N(C)C2CCCCC2O)c(F)c1. The number of likely N-dealkylation sites (N-methyl/N-ethyl adjacent to an activating group) is 1. The van der Waals surface area contributed by atoms with Gasteiger partial charge in [0, 0.05) is 13.1 Å². The van der Waals surface area contributed by atoms with Gasteiger partial charge in [-0.3, -0.25) is 4.79 Å². The van der Waals surface area contributed by atoms with Gasteiger partial charge < -0.3 is 14.7 Å². The van der Waals surface area contributed by atoms with E-state index in [9.17, 15) is 14.3 Å². The number of halogens is 1. The third kappa shape index (κ3) is 2.93. The standard InChI is InChI=1S/C15H20FNO3/c1-17(13-5-3-4-6-14(13)18)15(19)11-8-7-10(20-2)9-12(11)16/h7-9,13-14,18H,3-6H2,1-2H3. The molecule has 0 aromatic heterocycles. The van der Waals surface area contributed by atoms with Crippen molar-refractivity contribution in [1.82, 2.24) is 4.90 Å². The molecule has 1 aromatic carbocycles. The van der Waals surface area contributed by atoms with Gasteiger partial charge in [-0.1, -0.05) is 12.8 Å². The lowest BCUT2D eigenvalue weighted by Crippen LogP contribution is -2.46. The van der Waals surface area contributed by atoms with Crippen LogP contribution in [0.4, 0.5) is 4.39 Å². The van der Waals surface area contributed by atoms with Crippen molar-refractivity contribution in [3.63, 3.8) is 0 Å². The lowest BCUT2D eigenvalue weighted by Gasteiger charge is -2.35. The molecule has 4 nitrogen and oxygen atoms in total. The average molecular weight is 281 g/mol. The fourth-order valence-corrected chi connectivity index (χ4v) is 2.68. The van der Waals surface area contributed by atoms with E-state index in [-0.39, 0.29) is 11.6 Å². The zero-order valence-electron chi connectivity index (χ0n) is 11.8. The summed E-state index contributed by atoms with van der Waals surface area (Å²) >= 11 is 0. The van der Waals surface area contributed by atoms with Gasteiger partial charge >= 0.3 is 0 Å². The van der Waals surface area contributed by atoms with E-state index >= 15 is 0 Å². The van der Waals surface area contributed by atoms with Crippen molar-refractivity contribution in [1.29, 1.82) is 0 Å². The monoisotopic (exact) mass is 281 g/mol. The first-order chi connectivity index (χ1) is 9.54. The highest BCUT2D eigenvalue weighted by atomic mass is 19.1. The predicted molar refractivity (Wildman–Crippen MR) is 73.3 cm³/mol. The number of carbonyl (C=O) groups is 1. The van der Waals surface area contributed by atoms with Gasteiger partial charge in [-0.05, 0) is 25.0 Å². The quantitative estimate of drug-likeness (QED) is 0.924. The molecule has 20 heavy (non-hydrogen) atoms. The number of benzene rings is 1. The summed E-state index contributed by atoms with van der Waals surface area (Å²) in [7, 11) is 3.06. The molecule has 2 rings (SSSR count). The third-order valence-corrected chi connectivity index (χ3v) is 3.92. The minimum absolute atomic E-state index is 0.00562. The molecular weight excluding hydrogens is 261 g/mol. The van der Waals surface area contributed by atoms with Crippen LogP contribution >= 0.6 is 0 Å². The van der Waals surface area contributed by atoms with E-state index in [1.54, 1.807) is 13.1 Å². The summed E-state index contributed by atoms with van der Waals surface area (Å²) in [6.07, 6.45) is 2.86. The van der Waals surface area contributed by atoms with Crippen LogP contribution in [0.5, 0.6) is 5.75 Å². The molecular formula is C15H20FNO3. The number of carbonyl (C=O) groups excluding carboxylic acids is 1. The van der Waals surface area contributed by atoms with E-state index in [0.717, 1.165) is 19.3 Å². The molecule has 0 heterocycles. The van der Waals surface area contributed by atoms with Crippen molar-refractivity contribution >= 4 is 5.91 Å². The van der Waals surface area contributed by atoms with Crippen LogP contribution in [0.15, 0.2) is 18.2 Å². The maximum atomic E-state index is 13.9. The van der Waals surface area contributed by atoms with E-state index < -0.39 is 17.8 Å². The fraction of sp³-hybridized carbons (Fsp3) is 0.533. The summed E-state index contributed by atoms with van der Waals surface area (Å²) in [6, 6.07) is 3.93. The highest BCUT2D eigenvalue weighted by Gasteiger charge is 2.30. The Labute approximate surface area is 118 Å². The summed E-state index contributed by atoms with van der Waals surface area (Å²) in [5.74, 6) is -0.637. The summed E-state index contributed by atoms with van der Waals surface area (Å²) in [4.78, 5) is 13.8. The van der Waals surface area contributed by atoms with Crippen LogP contribution in [-0.4, -0.2) is 42.2 Å². The number of ether oxygens (including phenoxy) is 1. The largest absolute Gasteiger partial charge is 0.497 e. The van der Waals surface area contributed by atoms with Gasteiger partial charge in [-0.2, -0.15) is 0 Å². The van der Waals surface area contributed by atoms with Gasteiger partial charge in [0.15, 0.2) is 0 Å². The first kappa shape index (κ1) is 14.8. The number of rotatable bonds is 3. The van der Waals surface area contributed by atoms with Crippen LogP contribution in [-0.2, 0) is 0 Å². The third-order valence-electron chi connectivity index (χ3n) is 3.92. The molecule has 2 atom stereocenters. The average Bonchev–Trinajstić information content (AvgIpc) is 2.46. The normalized spacial score (nSPS) is 22.4. The molecule has 0 spiro atoms. The molecule has 0 saturated heterocycles. The molecule has 0 bridgehead atoms. The summed E-state index contributed by atoms with van der Waals surface area (Å²) < 4.78 is 18.8. The predicted octanol–water partition coefficient (Wildman–Crippen LogP) is 2.21. The van der Waals surface area contributed by atoms with E-state index in [1.165, 1.54) is 24.1 Å². The van der Waals surface area contributed by atoms with Gasteiger partial charge in [0.1, 0.15) is 11.6 Å². The van der Waals surface area contributed by atoms with Crippen molar-refractivity contribution in [2.24, 2.45) is 0 Å². The molecule has 1 N–H and O–H groups in total. The van der Waals surface area contributed by atoms with E-state index in [0.29, 0.717) is 12.2 Å². The molecule has 1 fully saturated rings. The second-order valence-corrected chi connectivity index (χ2v) is 5.18. The summed E-state index contributed by atoms with van der Waals surface area (Å²) in [5.41, 5.74) is 0.00562. The number of hydrogen-bond donors (Lipinski definition) is 1. The van der Waals surface area contributed by atoms with Crippen molar-refractivity contribution in [3.8, 4) is 5.75 Å². The Balaban J connectivity index is 2.17. The molecule has 1 saturated carbocycles. The molecule has 1 aliphatic carbocycles. The lowest BCUT2D eigenvalue weighted by molar-refractivity contribution is 0.0265. The molecule has 1 aromatic rings. The second kappa shape index (κ2) is 6.22. The first-order valence-electron chi connectivity index (χ1n) is 6.83. The van der Waals surface area contributed by atoms with Crippen LogP contribution in [0.2, 0.25) is 0 Å². The topological polar surface area (TPSA) is 49.8 Å². The van der Waals surface area contributed by atoms with Crippen molar-refractivity contribution in [2.45, 2.75) is 37.8 Å². The zero-order valence-corrected chi connectivity index (χ0v) is 11.8. The Kier molecular flexibility index (Phi) is 4.60. The smallest absolute Gasteiger partial charge is 0.256 e. The zero-order chi connectivity index (χ0) is 14.7. The van der Waals surface area contributed by atoms with E-state index in [1.807, 2.05) is 0 Å². The molecule has 0 aliphatic heterocycles. The number of aliphatic hydroxyl groups is 1. The Hall–Kier alpha value is -1.62. The number of aliphatic hydroxyl groups excluding tert-OH is 1. The molecule has 110 valence electrons. The molecule has 0 radical (unpaired) electrons. The number of amides is 1. The van der Waals surface area contributed by atoms with Crippen molar-refractivity contribution in [3.05, 3.63) is 29.6 Å².